The van der Waals surface area contributed by atoms with Gasteiger partial charge < -0.3 is 20.7 Å². The van der Waals surface area contributed by atoms with Gasteiger partial charge in [0, 0.05) is 25.6 Å². The van der Waals surface area contributed by atoms with Crippen LogP contribution in [0.3, 0.4) is 0 Å². The van der Waals surface area contributed by atoms with E-state index >= 15 is 0 Å². The number of amides is 2. The number of carbonyl (C=O) groups excluding carboxylic acids is 2. The average Bonchev–Trinajstić information content (AvgIpc) is 2.41. The zero-order chi connectivity index (χ0) is 16.0. The summed E-state index contributed by atoms with van der Waals surface area (Å²) in [5.74, 6) is -0.470. The van der Waals surface area contributed by atoms with Gasteiger partial charge in [-0.15, -0.1) is 0 Å². The standard InChI is InChI=1S/C12H20F3N3O3/c1-21-10(19)3-2-8-4-9(17-7-12(13,14)15)6-18(5-8)11(16)20/h8-9,17H,2-7H2,1H3,(H2,16,20). The highest BCUT2D eigenvalue weighted by atomic mass is 19.4. The number of nitrogens with zero attached hydrogens (tertiary/aromatic N) is 1. The number of carbonyl (C=O) groups is 2. The average molecular weight is 311 g/mol. The topological polar surface area (TPSA) is 84.7 Å². The molecule has 0 aromatic rings. The summed E-state index contributed by atoms with van der Waals surface area (Å²) < 4.78 is 41.2. The van der Waals surface area contributed by atoms with E-state index in [4.69, 9.17) is 5.73 Å². The largest absolute Gasteiger partial charge is 0.469 e. The minimum absolute atomic E-state index is 0.0870. The van der Waals surface area contributed by atoms with E-state index in [0.29, 0.717) is 19.4 Å². The predicted octanol–water partition coefficient (Wildman–Crippen LogP) is 0.861. The van der Waals surface area contributed by atoms with Crippen LogP contribution in [0.4, 0.5) is 18.0 Å². The third kappa shape index (κ3) is 6.65. The van der Waals surface area contributed by atoms with Gasteiger partial charge in [0.15, 0.2) is 0 Å². The van der Waals surface area contributed by atoms with Crippen LogP contribution >= 0.6 is 0 Å². The van der Waals surface area contributed by atoms with Crippen molar-refractivity contribution in [1.29, 1.82) is 0 Å². The first-order chi connectivity index (χ1) is 9.71. The second-order valence-electron chi connectivity index (χ2n) is 5.15. The molecule has 0 aliphatic carbocycles. The van der Waals surface area contributed by atoms with Crippen LogP contribution in [0.2, 0.25) is 0 Å². The predicted molar refractivity (Wildman–Crippen MR) is 68.4 cm³/mol. The zero-order valence-electron chi connectivity index (χ0n) is 11.8. The van der Waals surface area contributed by atoms with Crippen molar-refractivity contribution in [2.24, 2.45) is 11.7 Å². The van der Waals surface area contributed by atoms with Crippen molar-refractivity contribution in [2.45, 2.75) is 31.5 Å². The maximum Gasteiger partial charge on any atom is 0.401 e. The van der Waals surface area contributed by atoms with E-state index < -0.39 is 24.8 Å². The van der Waals surface area contributed by atoms with Gasteiger partial charge >= 0.3 is 18.2 Å². The van der Waals surface area contributed by atoms with Crippen LogP contribution in [0.15, 0.2) is 0 Å². The molecular weight excluding hydrogens is 291 g/mol. The van der Waals surface area contributed by atoms with Crippen LogP contribution in [-0.4, -0.2) is 55.9 Å². The number of alkyl halides is 3. The summed E-state index contributed by atoms with van der Waals surface area (Å²) in [6.07, 6.45) is -3.24. The summed E-state index contributed by atoms with van der Waals surface area (Å²) in [5, 5.41) is 2.39. The number of esters is 1. The number of nitrogens with one attached hydrogen (secondary N) is 1. The number of hydrogen-bond acceptors (Lipinski definition) is 4. The van der Waals surface area contributed by atoms with Crippen molar-refractivity contribution < 1.29 is 27.5 Å². The number of ether oxygens (including phenoxy) is 1. The van der Waals surface area contributed by atoms with E-state index in [0.717, 1.165) is 0 Å². The van der Waals surface area contributed by atoms with E-state index in [1.54, 1.807) is 0 Å². The third-order valence-electron chi connectivity index (χ3n) is 3.42. The summed E-state index contributed by atoms with van der Waals surface area (Å²) in [4.78, 5) is 23.7. The van der Waals surface area contributed by atoms with Crippen LogP contribution in [-0.2, 0) is 9.53 Å². The molecule has 2 amide bonds. The summed E-state index contributed by atoms with van der Waals surface area (Å²) >= 11 is 0. The molecular formula is C12H20F3N3O3. The molecule has 1 rings (SSSR count). The smallest absolute Gasteiger partial charge is 0.401 e. The number of likely N-dealkylation sites (tertiary alicyclic amines) is 1. The molecule has 6 nitrogen and oxygen atoms in total. The molecule has 9 heteroatoms. The van der Waals surface area contributed by atoms with Crippen molar-refractivity contribution in [1.82, 2.24) is 10.2 Å². The van der Waals surface area contributed by atoms with Crippen molar-refractivity contribution in [2.75, 3.05) is 26.7 Å². The number of nitrogens with two attached hydrogens (primary N) is 1. The molecule has 3 N–H and O–H groups in total. The first-order valence-electron chi connectivity index (χ1n) is 6.62. The molecule has 0 radical (unpaired) electrons. The minimum atomic E-state index is -4.31. The number of methoxy groups -OCH3 is 1. The van der Waals surface area contributed by atoms with Crippen molar-refractivity contribution in [3.63, 3.8) is 0 Å². The second-order valence-corrected chi connectivity index (χ2v) is 5.15. The molecule has 1 aliphatic rings. The second kappa shape index (κ2) is 7.48. The molecule has 0 saturated carbocycles. The van der Waals surface area contributed by atoms with Crippen molar-refractivity contribution >= 4 is 12.0 Å². The Balaban J connectivity index is 2.55. The highest BCUT2D eigenvalue weighted by molar-refractivity contribution is 5.72. The maximum absolute atomic E-state index is 12.2. The lowest BCUT2D eigenvalue weighted by atomic mass is 9.90. The van der Waals surface area contributed by atoms with Crippen molar-refractivity contribution in [3.8, 4) is 0 Å². The molecule has 1 heterocycles. The Morgan fingerprint density at radius 1 is 1.38 bits per heavy atom. The van der Waals surface area contributed by atoms with Gasteiger partial charge in [0.2, 0.25) is 0 Å². The molecule has 1 fully saturated rings. The Morgan fingerprint density at radius 2 is 2.05 bits per heavy atom. The molecule has 0 bridgehead atoms. The van der Waals surface area contributed by atoms with E-state index in [1.165, 1.54) is 12.0 Å². The van der Waals surface area contributed by atoms with E-state index in [9.17, 15) is 22.8 Å². The van der Waals surface area contributed by atoms with Gasteiger partial charge in [0.25, 0.3) is 0 Å². The number of hydrogen-bond donors (Lipinski definition) is 2. The van der Waals surface area contributed by atoms with E-state index in [1.807, 2.05) is 0 Å². The lowest BCUT2D eigenvalue weighted by molar-refractivity contribution is -0.141. The molecule has 1 saturated heterocycles. The number of piperidine rings is 1. The summed E-state index contributed by atoms with van der Waals surface area (Å²) in [7, 11) is 1.27. The van der Waals surface area contributed by atoms with Gasteiger partial charge in [-0.2, -0.15) is 13.2 Å². The van der Waals surface area contributed by atoms with Gasteiger partial charge in [-0.3, -0.25) is 4.79 Å². The molecule has 0 spiro atoms. The fourth-order valence-corrected chi connectivity index (χ4v) is 2.42. The first kappa shape index (κ1) is 17.5. The van der Waals surface area contributed by atoms with Crippen LogP contribution in [0.1, 0.15) is 19.3 Å². The monoisotopic (exact) mass is 311 g/mol. The van der Waals surface area contributed by atoms with Gasteiger partial charge in [-0.05, 0) is 18.8 Å². The Labute approximate surface area is 120 Å². The quantitative estimate of drug-likeness (QED) is 0.738. The van der Waals surface area contributed by atoms with Gasteiger partial charge in [-0.1, -0.05) is 0 Å². The highest BCUT2D eigenvalue weighted by Crippen LogP contribution is 2.22. The number of urea groups is 1. The SMILES string of the molecule is COC(=O)CCC1CC(NCC(F)(F)F)CN(C(N)=O)C1. The molecule has 0 aromatic carbocycles. The molecule has 21 heavy (non-hydrogen) atoms. The zero-order valence-corrected chi connectivity index (χ0v) is 11.8. The number of rotatable bonds is 5. The fourth-order valence-electron chi connectivity index (χ4n) is 2.42. The maximum atomic E-state index is 12.2. The Bertz CT molecular complexity index is 376. The van der Waals surface area contributed by atoms with Crippen LogP contribution < -0.4 is 11.1 Å². The lowest BCUT2D eigenvalue weighted by Gasteiger charge is -2.37. The minimum Gasteiger partial charge on any atom is -0.469 e. The van der Waals surface area contributed by atoms with Crippen molar-refractivity contribution in [3.05, 3.63) is 0 Å². The number of primary amides is 1. The molecule has 2 atom stereocenters. The third-order valence-corrected chi connectivity index (χ3v) is 3.42. The Hall–Kier alpha value is -1.51. The molecule has 122 valence electrons. The lowest BCUT2D eigenvalue weighted by Crippen LogP contribution is -2.54. The van der Waals surface area contributed by atoms with Gasteiger partial charge in [-0.25, -0.2) is 4.79 Å². The summed E-state index contributed by atoms with van der Waals surface area (Å²) in [5.41, 5.74) is 5.20. The Morgan fingerprint density at radius 3 is 2.57 bits per heavy atom. The van der Waals surface area contributed by atoms with Crippen LogP contribution in [0.5, 0.6) is 0 Å². The summed E-state index contributed by atoms with van der Waals surface area (Å²) in [6, 6.07) is -1.16. The van der Waals surface area contributed by atoms with E-state index in [-0.39, 0.29) is 24.9 Å². The summed E-state index contributed by atoms with van der Waals surface area (Å²) in [6.45, 7) is -0.634. The normalized spacial score (nSPS) is 23.0. The molecule has 0 aromatic heterocycles. The molecule has 1 aliphatic heterocycles. The van der Waals surface area contributed by atoms with Gasteiger partial charge in [0.05, 0.1) is 13.7 Å². The number of halogens is 3. The first-order valence-corrected chi connectivity index (χ1v) is 6.62. The van der Waals surface area contributed by atoms with Crippen LogP contribution in [0, 0.1) is 5.92 Å². The molecule has 2 unspecified atom stereocenters. The van der Waals surface area contributed by atoms with Crippen LogP contribution in [0.25, 0.3) is 0 Å². The highest BCUT2D eigenvalue weighted by Gasteiger charge is 2.33. The fraction of sp³-hybridized carbons (Fsp3) is 0.833. The Kier molecular flexibility index (Phi) is 6.25. The van der Waals surface area contributed by atoms with Gasteiger partial charge in [0.1, 0.15) is 0 Å². The van der Waals surface area contributed by atoms with E-state index in [2.05, 4.69) is 10.1 Å².